The number of nitrogens with zero attached hydrogens (tertiary/aromatic N) is 1. The second-order valence-corrected chi connectivity index (χ2v) is 6.82. The number of rotatable bonds is 4. The Hall–Kier alpha value is -0.860. The highest BCUT2D eigenvalue weighted by Gasteiger charge is 2.25. The van der Waals surface area contributed by atoms with Crippen LogP contribution in [0.25, 0.3) is 0 Å². The fourth-order valence-corrected chi connectivity index (χ4v) is 3.79. The molecule has 0 spiro atoms. The van der Waals surface area contributed by atoms with Crippen LogP contribution in [0, 0.1) is 5.92 Å². The van der Waals surface area contributed by atoms with E-state index in [1.54, 1.807) is 0 Å². The number of hydrogen-bond acceptors (Lipinski definition) is 2. The van der Waals surface area contributed by atoms with Gasteiger partial charge in [-0.15, -0.1) is 0 Å². The third-order valence-electron chi connectivity index (χ3n) is 5.00. The molecular weight excluding hydrogens is 244 g/mol. The van der Waals surface area contributed by atoms with Crippen LogP contribution in [0.5, 0.6) is 0 Å². The van der Waals surface area contributed by atoms with Crippen molar-refractivity contribution in [3.8, 4) is 0 Å². The van der Waals surface area contributed by atoms with Crippen LogP contribution in [-0.4, -0.2) is 30.1 Å². The van der Waals surface area contributed by atoms with Gasteiger partial charge in [0.05, 0.1) is 0 Å². The van der Waals surface area contributed by atoms with Gasteiger partial charge in [0.15, 0.2) is 0 Å². The lowest BCUT2D eigenvalue weighted by atomic mass is 10.0. The Morgan fingerprint density at radius 1 is 1.00 bits per heavy atom. The lowest BCUT2D eigenvalue weighted by Crippen LogP contribution is -2.45. The zero-order valence-electron chi connectivity index (χ0n) is 12.7. The van der Waals surface area contributed by atoms with Gasteiger partial charge in [-0.2, -0.15) is 0 Å². The summed E-state index contributed by atoms with van der Waals surface area (Å²) in [5, 5.41) is 3.91. The van der Waals surface area contributed by atoms with Crippen molar-refractivity contribution in [2.45, 2.75) is 57.7 Å². The van der Waals surface area contributed by atoms with Gasteiger partial charge < -0.3 is 5.32 Å². The van der Waals surface area contributed by atoms with E-state index in [1.165, 1.54) is 50.8 Å². The molecular formula is C18H28N2. The number of hydrogen-bond donors (Lipinski definition) is 1. The maximum Gasteiger partial charge on any atom is 0.0233 e. The van der Waals surface area contributed by atoms with Gasteiger partial charge in [-0.05, 0) is 56.7 Å². The van der Waals surface area contributed by atoms with Crippen molar-refractivity contribution in [1.29, 1.82) is 0 Å². The second-order valence-electron chi connectivity index (χ2n) is 6.82. The molecule has 2 heteroatoms. The average molecular weight is 272 g/mol. The molecule has 2 aliphatic rings. The summed E-state index contributed by atoms with van der Waals surface area (Å²) in [5.74, 6) is 0.936. The van der Waals surface area contributed by atoms with Gasteiger partial charge in [0, 0.05) is 18.6 Å². The molecule has 1 aromatic carbocycles. The van der Waals surface area contributed by atoms with Crippen molar-refractivity contribution in [3.05, 3.63) is 35.9 Å². The summed E-state index contributed by atoms with van der Waals surface area (Å²) in [4.78, 5) is 2.60. The number of nitrogens with one attached hydrogen (secondary N) is 1. The molecule has 2 nitrogen and oxygen atoms in total. The third-order valence-corrected chi connectivity index (χ3v) is 5.00. The summed E-state index contributed by atoms with van der Waals surface area (Å²) in [7, 11) is 0. The van der Waals surface area contributed by atoms with Crippen LogP contribution in [0.1, 0.15) is 44.6 Å². The molecule has 0 bridgehead atoms. The Labute approximate surface area is 123 Å². The molecule has 1 N–H and O–H groups in total. The van der Waals surface area contributed by atoms with Crippen LogP contribution in [0.4, 0.5) is 0 Å². The first-order valence-electron chi connectivity index (χ1n) is 8.32. The number of piperidine rings is 1. The fourth-order valence-electron chi connectivity index (χ4n) is 3.79. The molecule has 0 aromatic heterocycles. The van der Waals surface area contributed by atoms with Gasteiger partial charge in [-0.3, -0.25) is 4.90 Å². The van der Waals surface area contributed by atoms with Crippen molar-refractivity contribution in [1.82, 2.24) is 10.2 Å². The average Bonchev–Trinajstić information content (AvgIpc) is 2.88. The van der Waals surface area contributed by atoms with Gasteiger partial charge in [0.25, 0.3) is 0 Å². The van der Waals surface area contributed by atoms with E-state index in [0.29, 0.717) is 0 Å². The Morgan fingerprint density at radius 2 is 1.75 bits per heavy atom. The minimum Gasteiger partial charge on any atom is -0.311 e. The molecule has 1 saturated heterocycles. The molecule has 0 amide bonds. The Kier molecular flexibility index (Phi) is 4.74. The van der Waals surface area contributed by atoms with Gasteiger partial charge in [-0.25, -0.2) is 0 Å². The highest BCUT2D eigenvalue weighted by Crippen LogP contribution is 2.26. The maximum atomic E-state index is 3.91. The van der Waals surface area contributed by atoms with E-state index in [9.17, 15) is 0 Å². The first-order chi connectivity index (χ1) is 9.79. The van der Waals surface area contributed by atoms with Crippen LogP contribution < -0.4 is 5.32 Å². The smallest absolute Gasteiger partial charge is 0.0233 e. The minimum absolute atomic E-state index is 0.761. The number of benzene rings is 1. The van der Waals surface area contributed by atoms with Crippen LogP contribution in [0.15, 0.2) is 30.3 Å². The van der Waals surface area contributed by atoms with Crippen LogP contribution in [0.2, 0.25) is 0 Å². The largest absolute Gasteiger partial charge is 0.311 e. The van der Waals surface area contributed by atoms with Crippen LogP contribution in [0.3, 0.4) is 0 Å². The SMILES string of the molecule is C[C@@H]1CC[C@@H](NC2CCN(Cc3ccccc3)CC2)C1. The van der Waals surface area contributed by atoms with Gasteiger partial charge in [0.2, 0.25) is 0 Å². The molecule has 1 heterocycles. The van der Waals surface area contributed by atoms with E-state index in [2.05, 4.69) is 47.5 Å². The molecule has 1 aliphatic carbocycles. The normalized spacial score (nSPS) is 28.9. The highest BCUT2D eigenvalue weighted by atomic mass is 15.1. The molecule has 1 aromatic rings. The standard InChI is InChI=1S/C18H28N2/c1-15-7-8-18(13-15)19-17-9-11-20(12-10-17)14-16-5-3-2-4-6-16/h2-6,15,17-19H,7-14H2,1H3/t15-,18-/m1/s1. The number of likely N-dealkylation sites (tertiary alicyclic amines) is 1. The van der Waals surface area contributed by atoms with E-state index in [1.807, 2.05) is 0 Å². The predicted octanol–water partition coefficient (Wildman–Crippen LogP) is 3.43. The molecule has 3 rings (SSSR count). The Bertz CT molecular complexity index is 395. The summed E-state index contributed by atoms with van der Waals surface area (Å²) >= 11 is 0. The van der Waals surface area contributed by atoms with Gasteiger partial charge in [-0.1, -0.05) is 37.3 Å². The van der Waals surface area contributed by atoms with Crippen molar-refractivity contribution in [3.63, 3.8) is 0 Å². The maximum absolute atomic E-state index is 3.91. The van der Waals surface area contributed by atoms with Crippen LogP contribution in [-0.2, 0) is 6.54 Å². The minimum atomic E-state index is 0.761. The molecule has 2 atom stereocenters. The van der Waals surface area contributed by atoms with E-state index in [4.69, 9.17) is 0 Å². The monoisotopic (exact) mass is 272 g/mol. The predicted molar refractivity (Wildman–Crippen MR) is 84.7 cm³/mol. The molecule has 110 valence electrons. The summed E-state index contributed by atoms with van der Waals surface area (Å²) in [6.45, 7) is 6.00. The van der Waals surface area contributed by atoms with Crippen LogP contribution >= 0.6 is 0 Å². The van der Waals surface area contributed by atoms with E-state index in [0.717, 1.165) is 24.5 Å². The molecule has 0 unspecified atom stereocenters. The lowest BCUT2D eigenvalue weighted by Gasteiger charge is -2.34. The molecule has 1 saturated carbocycles. The Morgan fingerprint density at radius 3 is 2.40 bits per heavy atom. The third kappa shape index (κ3) is 3.83. The zero-order valence-corrected chi connectivity index (χ0v) is 12.7. The highest BCUT2D eigenvalue weighted by molar-refractivity contribution is 5.14. The quantitative estimate of drug-likeness (QED) is 0.903. The first-order valence-corrected chi connectivity index (χ1v) is 8.32. The van der Waals surface area contributed by atoms with E-state index < -0.39 is 0 Å². The first kappa shape index (κ1) is 14.1. The zero-order chi connectivity index (χ0) is 13.8. The summed E-state index contributed by atoms with van der Waals surface area (Å²) in [5.41, 5.74) is 1.45. The molecule has 1 aliphatic heterocycles. The second kappa shape index (κ2) is 6.73. The summed E-state index contributed by atoms with van der Waals surface area (Å²) < 4.78 is 0. The molecule has 2 fully saturated rings. The summed E-state index contributed by atoms with van der Waals surface area (Å²) in [6.07, 6.45) is 6.84. The summed E-state index contributed by atoms with van der Waals surface area (Å²) in [6, 6.07) is 12.4. The van der Waals surface area contributed by atoms with Crippen molar-refractivity contribution in [2.24, 2.45) is 5.92 Å². The topological polar surface area (TPSA) is 15.3 Å². The van der Waals surface area contributed by atoms with E-state index >= 15 is 0 Å². The molecule has 0 radical (unpaired) electrons. The Balaban J connectivity index is 1.41. The lowest BCUT2D eigenvalue weighted by molar-refractivity contribution is 0.183. The fraction of sp³-hybridized carbons (Fsp3) is 0.667. The van der Waals surface area contributed by atoms with Crippen molar-refractivity contribution < 1.29 is 0 Å². The van der Waals surface area contributed by atoms with Gasteiger partial charge in [0.1, 0.15) is 0 Å². The van der Waals surface area contributed by atoms with Crippen molar-refractivity contribution in [2.75, 3.05) is 13.1 Å². The van der Waals surface area contributed by atoms with E-state index in [-0.39, 0.29) is 0 Å². The molecule has 20 heavy (non-hydrogen) atoms. The van der Waals surface area contributed by atoms with Gasteiger partial charge >= 0.3 is 0 Å². The van der Waals surface area contributed by atoms with Crippen molar-refractivity contribution >= 4 is 0 Å².